The monoisotopic (exact) mass is 283 g/mol. The number of pyridine rings is 1. The normalized spacial score (nSPS) is 10.7. The number of nitrogens with zero attached hydrogens (tertiary/aromatic N) is 2. The summed E-state index contributed by atoms with van der Waals surface area (Å²) in [5.74, 6) is -0.931. The Labute approximate surface area is 117 Å². The zero-order valence-corrected chi connectivity index (χ0v) is 10.6. The van der Waals surface area contributed by atoms with Gasteiger partial charge in [-0.15, -0.1) is 0 Å². The maximum Gasteiger partial charge on any atom is 0.335 e. The Bertz CT molecular complexity index is 957. The van der Waals surface area contributed by atoms with Crippen molar-refractivity contribution in [3.8, 4) is 5.82 Å². The fourth-order valence-corrected chi connectivity index (χ4v) is 2.05. The van der Waals surface area contributed by atoms with Gasteiger partial charge in [0.05, 0.1) is 16.5 Å². The van der Waals surface area contributed by atoms with Crippen LogP contribution in [0.3, 0.4) is 0 Å². The number of H-pyrrole nitrogens is 1. The molecule has 3 rings (SSSR count). The summed E-state index contributed by atoms with van der Waals surface area (Å²) < 4.78 is 0.906. The highest BCUT2D eigenvalue weighted by atomic mass is 16.4. The third-order valence-corrected chi connectivity index (χ3v) is 3.02. The number of carboxylic acid groups (broad SMARTS) is 1. The predicted octanol–water partition coefficient (Wildman–Crippen LogP) is 0.772. The highest BCUT2D eigenvalue weighted by molar-refractivity contribution is 5.92. The van der Waals surface area contributed by atoms with Crippen molar-refractivity contribution >= 4 is 16.9 Å². The average Bonchev–Trinajstić information content (AvgIpc) is 2.47. The van der Waals surface area contributed by atoms with Crippen LogP contribution in [0.5, 0.6) is 0 Å². The quantitative estimate of drug-likeness (QED) is 0.722. The molecule has 0 radical (unpaired) electrons. The van der Waals surface area contributed by atoms with Crippen molar-refractivity contribution in [1.29, 1.82) is 0 Å². The minimum atomic E-state index is -1.13. The van der Waals surface area contributed by atoms with E-state index in [2.05, 4.69) is 9.97 Å². The summed E-state index contributed by atoms with van der Waals surface area (Å²) >= 11 is 0. The van der Waals surface area contributed by atoms with E-state index in [9.17, 15) is 14.4 Å². The SMILES string of the molecule is O=C(O)c1ccc2c(=O)n(-c3ccccn3)c(=O)[nH]c2c1. The molecule has 0 aliphatic rings. The van der Waals surface area contributed by atoms with E-state index in [1.165, 1.54) is 30.5 Å². The summed E-state index contributed by atoms with van der Waals surface area (Å²) in [7, 11) is 0. The molecule has 0 aliphatic heterocycles. The number of fused-ring (bicyclic) bond motifs is 1. The van der Waals surface area contributed by atoms with Crippen molar-refractivity contribution < 1.29 is 9.90 Å². The molecule has 0 amide bonds. The smallest absolute Gasteiger partial charge is 0.335 e. The number of hydrogen-bond acceptors (Lipinski definition) is 4. The van der Waals surface area contributed by atoms with Gasteiger partial charge in [-0.3, -0.25) is 4.79 Å². The Morgan fingerprint density at radius 3 is 2.67 bits per heavy atom. The second-order valence-electron chi connectivity index (χ2n) is 4.32. The predicted molar refractivity (Wildman–Crippen MR) is 74.9 cm³/mol. The molecule has 2 aromatic heterocycles. The lowest BCUT2D eigenvalue weighted by Crippen LogP contribution is -2.34. The molecule has 104 valence electrons. The molecule has 21 heavy (non-hydrogen) atoms. The lowest BCUT2D eigenvalue weighted by Gasteiger charge is -2.05. The zero-order chi connectivity index (χ0) is 15.0. The van der Waals surface area contributed by atoms with E-state index in [1.54, 1.807) is 12.1 Å². The van der Waals surface area contributed by atoms with Gasteiger partial charge in [0.1, 0.15) is 5.82 Å². The van der Waals surface area contributed by atoms with Gasteiger partial charge in [0.15, 0.2) is 0 Å². The summed E-state index contributed by atoms with van der Waals surface area (Å²) in [6, 6.07) is 8.80. The Morgan fingerprint density at radius 2 is 2.00 bits per heavy atom. The number of carboxylic acids is 1. The molecule has 0 saturated heterocycles. The number of aromatic amines is 1. The molecule has 0 unspecified atom stereocenters. The lowest BCUT2D eigenvalue weighted by molar-refractivity contribution is 0.0697. The molecule has 2 heterocycles. The van der Waals surface area contributed by atoms with Crippen LogP contribution < -0.4 is 11.2 Å². The summed E-state index contributed by atoms with van der Waals surface area (Å²) in [6.45, 7) is 0. The maximum absolute atomic E-state index is 12.4. The van der Waals surface area contributed by atoms with E-state index < -0.39 is 17.2 Å². The molecule has 0 aliphatic carbocycles. The van der Waals surface area contributed by atoms with Crippen molar-refractivity contribution in [2.75, 3.05) is 0 Å². The van der Waals surface area contributed by atoms with Gasteiger partial charge in [-0.2, -0.15) is 0 Å². The van der Waals surface area contributed by atoms with Crippen LogP contribution in [0.1, 0.15) is 10.4 Å². The zero-order valence-electron chi connectivity index (χ0n) is 10.6. The van der Waals surface area contributed by atoms with Crippen LogP contribution in [0.15, 0.2) is 52.2 Å². The first-order chi connectivity index (χ1) is 10.1. The van der Waals surface area contributed by atoms with E-state index in [1.807, 2.05) is 0 Å². The molecule has 2 N–H and O–H groups in total. The van der Waals surface area contributed by atoms with Gasteiger partial charge in [0.2, 0.25) is 0 Å². The van der Waals surface area contributed by atoms with Crippen LogP contribution in [0.25, 0.3) is 16.7 Å². The highest BCUT2D eigenvalue weighted by Gasteiger charge is 2.12. The van der Waals surface area contributed by atoms with E-state index in [-0.39, 0.29) is 22.3 Å². The molecule has 0 spiro atoms. The van der Waals surface area contributed by atoms with Gasteiger partial charge in [0, 0.05) is 6.20 Å². The largest absolute Gasteiger partial charge is 0.478 e. The second kappa shape index (κ2) is 4.71. The number of rotatable bonds is 2. The third-order valence-electron chi connectivity index (χ3n) is 3.02. The van der Waals surface area contributed by atoms with E-state index in [0.717, 1.165) is 4.57 Å². The molecule has 0 saturated carbocycles. The van der Waals surface area contributed by atoms with Gasteiger partial charge in [-0.05, 0) is 30.3 Å². The van der Waals surface area contributed by atoms with Crippen LogP contribution in [0, 0.1) is 0 Å². The van der Waals surface area contributed by atoms with Crippen molar-refractivity contribution in [3.63, 3.8) is 0 Å². The fraction of sp³-hybridized carbons (Fsp3) is 0. The molecule has 7 heteroatoms. The molecule has 3 aromatic rings. The van der Waals surface area contributed by atoms with Crippen LogP contribution in [-0.2, 0) is 0 Å². The Morgan fingerprint density at radius 1 is 1.19 bits per heavy atom. The standard InChI is InChI=1S/C14H9N3O4/c18-12-9-5-4-8(13(19)20)7-10(9)16-14(21)17(12)11-3-1-2-6-15-11/h1-7H,(H,16,21)(H,19,20). The van der Waals surface area contributed by atoms with Crippen LogP contribution >= 0.6 is 0 Å². The van der Waals surface area contributed by atoms with Crippen molar-refractivity contribution in [1.82, 2.24) is 14.5 Å². The third kappa shape index (κ3) is 2.10. The highest BCUT2D eigenvalue weighted by Crippen LogP contribution is 2.10. The van der Waals surface area contributed by atoms with Crippen molar-refractivity contribution in [3.05, 3.63) is 69.0 Å². The van der Waals surface area contributed by atoms with E-state index >= 15 is 0 Å². The average molecular weight is 283 g/mol. The number of benzene rings is 1. The lowest BCUT2D eigenvalue weighted by atomic mass is 10.1. The number of nitrogens with one attached hydrogen (secondary N) is 1. The first-order valence-corrected chi connectivity index (χ1v) is 6.02. The number of hydrogen-bond donors (Lipinski definition) is 2. The minimum absolute atomic E-state index is 0.00636. The van der Waals surface area contributed by atoms with E-state index in [4.69, 9.17) is 5.11 Å². The molecule has 0 bridgehead atoms. The Balaban J connectivity index is 2.36. The summed E-state index contributed by atoms with van der Waals surface area (Å²) in [6.07, 6.45) is 1.47. The van der Waals surface area contributed by atoms with Crippen molar-refractivity contribution in [2.45, 2.75) is 0 Å². The number of aromatic carboxylic acids is 1. The first-order valence-electron chi connectivity index (χ1n) is 6.02. The fourth-order valence-electron chi connectivity index (χ4n) is 2.05. The molecule has 0 atom stereocenters. The second-order valence-corrected chi connectivity index (χ2v) is 4.32. The van der Waals surface area contributed by atoms with Gasteiger partial charge in [-0.25, -0.2) is 19.1 Å². The van der Waals surface area contributed by atoms with Gasteiger partial charge in [0.25, 0.3) is 5.56 Å². The maximum atomic E-state index is 12.4. The molecule has 0 fully saturated rings. The molecule has 7 nitrogen and oxygen atoms in total. The van der Waals surface area contributed by atoms with Crippen molar-refractivity contribution in [2.24, 2.45) is 0 Å². The first kappa shape index (κ1) is 12.8. The molecular weight excluding hydrogens is 274 g/mol. The topological polar surface area (TPSA) is 105 Å². The summed E-state index contributed by atoms with van der Waals surface area (Å²) in [4.78, 5) is 41.8. The number of aromatic nitrogens is 3. The van der Waals surface area contributed by atoms with E-state index in [0.29, 0.717) is 0 Å². The van der Waals surface area contributed by atoms with Crippen LogP contribution in [-0.4, -0.2) is 25.6 Å². The van der Waals surface area contributed by atoms with Crippen LogP contribution in [0.4, 0.5) is 0 Å². The Hall–Kier alpha value is -3.22. The minimum Gasteiger partial charge on any atom is -0.478 e. The van der Waals surface area contributed by atoms with Gasteiger partial charge < -0.3 is 10.1 Å². The molecular formula is C14H9N3O4. The Kier molecular flexibility index (Phi) is 2.87. The van der Waals surface area contributed by atoms with Gasteiger partial charge in [-0.1, -0.05) is 6.07 Å². The molecule has 1 aromatic carbocycles. The van der Waals surface area contributed by atoms with Crippen LogP contribution in [0.2, 0.25) is 0 Å². The summed E-state index contributed by atoms with van der Waals surface area (Å²) in [5.41, 5.74) is -1.05. The number of carbonyl (C=O) groups is 1. The van der Waals surface area contributed by atoms with Gasteiger partial charge >= 0.3 is 11.7 Å². The summed E-state index contributed by atoms with van der Waals surface area (Å²) in [5, 5.41) is 9.14.